The molecule has 2 saturated heterocycles. The van der Waals surface area contributed by atoms with E-state index in [-0.39, 0.29) is 6.03 Å². The molecule has 5 heteroatoms. The number of urea groups is 1. The zero-order chi connectivity index (χ0) is 13.7. The predicted molar refractivity (Wildman–Crippen MR) is 74.0 cm³/mol. The van der Waals surface area contributed by atoms with Crippen LogP contribution in [0.15, 0.2) is 0 Å². The van der Waals surface area contributed by atoms with E-state index in [9.17, 15) is 9.59 Å². The molecule has 0 bridgehead atoms. The average molecular weight is 277 g/mol. The van der Waals surface area contributed by atoms with Crippen LogP contribution in [-0.4, -0.2) is 54.0 Å². The van der Waals surface area contributed by atoms with E-state index in [2.05, 4.69) is 10.2 Å². The first-order valence-electron chi connectivity index (χ1n) is 8.05. The minimum atomic E-state index is 0.0747. The third-order valence-electron chi connectivity index (χ3n) is 5.70. The summed E-state index contributed by atoms with van der Waals surface area (Å²) in [5.41, 5.74) is 0. The van der Waals surface area contributed by atoms with Crippen molar-refractivity contribution in [3.05, 3.63) is 0 Å². The molecule has 2 heterocycles. The second-order valence-electron chi connectivity index (χ2n) is 6.91. The molecule has 2 unspecified atom stereocenters. The molecule has 20 heavy (non-hydrogen) atoms. The van der Waals surface area contributed by atoms with Gasteiger partial charge in [-0.15, -0.1) is 0 Å². The van der Waals surface area contributed by atoms with Gasteiger partial charge in [-0.25, -0.2) is 4.79 Å². The zero-order valence-corrected chi connectivity index (χ0v) is 11.9. The molecule has 5 nitrogen and oxygen atoms in total. The van der Waals surface area contributed by atoms with Gasteiger partial charge < -0.3 is 15.1 Å². The molecular weight excluding hydrogens is 254 g/mol. The molecule has 4 aliphatic rings. The first-order chi connectivity index (χ1) is 9.72. The lowest BCUT2D eigenvalue weighted by Crippen LogP contribution is -2.48. The van der Waals surface area contributed by atoms with E-state index in [1.165, 1.54) is 6.42 Å². The van der Waals surface area contributed by atoms with Crippen LogP contribution in [0.5, 0.6) is 0 Å². The van der Waals surface area contributed by atoms with Gasteiger partial charge in [0.25, 0.3) is 0 Å². The minimum absolute atomic E-state index is 0.0747. The van der Waals surface area contributed by atoms with Crippen molar-refractivity contribution >= 4 is 11.9 Å². The summed E-state index contributed by atoms with van der Waals surface area (Å²) in [6.07, 6.45) is 5.53. The second-order valence-corrected chi connectivity index (χ2v) is 6.91. The standard InChI is InChI=1S/C15H23N3O2/c19-14(12-8-10-7-11(10)9-12)17-4-1-13(2-5-17)18-6-3-16-15(18)20/h10-13H,1-9H2,(H,16,20). The van der Waals surface area contributed by atoms with Crippen molar-refractivity contribution in [1.82, 2.24) is 15.1 Å². The maximum Gasteiger partial charge on any atom is 0.317 e. The second kappa shape index (κ2) is 4.64. The van der Waals surface area contributed by atoms with Crippen molar-refractivity contribution < 1.29 is 9.59 Å². The Morgan fingerprint density at radius 2 is 1.75 bits per heavy atom. The van der Waals surface area contributed by atoms with Gasteiger partial charge >= 0.3 is 6.03 Å². The van der Waals surface area contributed by atoms with E-state index < -0.39 is 0 Å². The van der Waals surface area contributed by atoms with Gasteiger partial charge in [-0.05, 0) is 43.9 Å². The summed E-state index contributed by atoms with van der Waals surface area (Å²) >= 11 is 0. The Balaban J connectivity index is 1.30. The van der Waals surface area contributed by atoms with Gasteiger partial charge in [-0.1, -0.05) is 0 Å². The average Bonchev–Trinajstić information content (AvgIpc) is 2.87. The SMILES string of the molecule is O=C(C1CC2CC2C1)N1CCC(N2CCNC2=O)CC1. The summed E-state index contributed by atoms with van der Waals surface area (Å²) in [6.45, 7) is 3.25. The summed E-state index contributed by atoms with van der Waals surface area (Å²) in [7, 11) is 0. The molecule has 0 aromatic heterocycles. The van der Waals surface area contributed by atoms with E-state index in [0.29, 0.717) is 17.9 Å². The number of hydrogen-bond acceptors (Lipinski definition) is 2. The van der Waals surface area contributed by atoms with Gasteiger partial charge in [0, 0.05) is 38.1 Å². The highest BCUT2D eigenvalue weighted by Gasteiger charge is 2.49. The molecule has 2 aliphatic carbocycles. The monoisotopic (exact) mass is 277 g/mol. The number of carbonyl (C=O) groups is 2. The molecule has 0 aromatic rings. The number of rotatable bonds is 2. The number of likely N-dealkylation sites (tertiary alicyclic amines) is 1. The molecule has 110 valence electrons. The summed E-state index contributed by atoms with van der Waals surface area (Å²) < 4.78 is 0. The summed E-state index contributed by atoms with van der Waals surface area (Å²) in [4.78, 5) is 28.2. The number of nitrogens with one attached hydrogen (secondary N) is 1. The highest BCUT2D eigenvalue weighted by molar-refractivity contribution is 5.80. The molecule has 2 saturated carbocycles. The van der Waals surface area contributed by atoms with Crippen LogP contribution in [0.1, 0.15) is 32.1 Å². The van der Waals surface area contributed by atoms with Crippen LogP contribution in [0.25, 0.3) is 0 Å². The fourth-order valence-corrected chi connectivity index (χ4v) is 4.41. The van der Waals surface area contributed by atoms with Crippen molar-refractivity contribution in [2.45, 2.75) is 38.1 Å². The number of fused-ring (bicyclic) bond motifs is 1. The van der Waals surface area contributed by atoms with E-state index in [1.807, 2.05) is 4.90 Å². The molecule has 2 atom stereocenters. The topological polar surface area (TPSA) is 52.7 Å². The third kappa shape index (κ3) is 2.07. The molecule has 1 N–H and O–H groups in total. The predicted octanol–water partition coefficient (Wildman–Crippen LogP) is 1.05. The Bertz CT molecular complexity index is 421. The fraction of sp³-hybridized carbons (Fsp3) is 0.867. The Hall–Kier alpha value is -1.26. The lowest BCUT2D eigenvalue weighted by Gasteiger charge is -2.37. The van der Waals surface area contributed by atoms with Crippen LogP contribution >= 0.6 is 0 Å². The van der Waals surface area contributed by atoms with Crippen molar-refractivity contribution in [3.8, 4) is 0 Å². The van der Waals surface area contributed by atoms with E-state index in [4.69, 9.17) is 0 Å². The molecule has 4 fully saturated rings. The van der Waals surface area contributed by atoms with Gasteiger partial charge in [0.2, 0.25) is 5.91 Å². The quantitative estimate of drug-likeness (QED) is 0.820. The molecule has 0 spiro atoms. The van der Waals surface area contributed by atoms with Crippen LogP contribution in [0, 0.1) is 17.8 Å². The Kier molecular flexibility index (Phi) is 2.89. The van der Waals surface area contributed by atoms with Crippen LogP contribution in [0.2, 0.25) is 0 Å². The van der Waals surface area contributed by atoms with Gasteiger partial charge in [0.15, 0.2) is 0 Å². The lowest BCUT2D eigenvalue weighted by atomic mass is 9.98. The van der Waals surface area contributed by atoms with Crippen molar-refractivity contribution in [1.29, 1.82) is 0 Å². The molecule has 0 aromatic carbocycles. The van der Waals surface area contributed by atoms with Crippen LogP contribution in [0.4, 0.5) is 4.79 Å². The van der Waals surface area contributed by atoms with E-state index in [0.717, 1.165) is 63.7 Å². The highest BCUT2D eigenvalue weighted by atomic mass is 16.2. The number of amides is 3. The summed E-state index contributed by atoms with van der Waals surface area (Å²) in [5, 5.41) is 2.86. The first-order valence-corrected chi connectivity index (χ1v) is 8.05. The largest absolute Gasteiger partial charge is 0.342 e. The molecule has 0 radical (unpaired) electrons. The number of piperidine rings is 1. The maximum atomic E-state index is 12.5. The molecule has 3 amide bonds. The fourth-order valence-electron chi connectivity index (χ4n) is 4.41. The zero-order valence-electron chi connectivity index (χ0n) is 11.9. The smallest absolute Gasteiger partial charge is 0.317 e. The summed E-state index contributed by atoms with van der Waals surface area (Å²) in [5.74, 6) is 2.44. The molecule has 2 aliphatic heterocycles. The van der Waals surface area contributed by atoms with Gasteiger partial charge in [-0.3, -0.25) is 4.79 Å². The number of nitrogens with zero attached hydrogens (tertiary/aromatic N) is 2. The minimum Gasteiger partial charge on any atom is -0.342 e. The molecule has 4 rings (SSSR count). The normalized spacial score (nSPS) is 37.0. The van der Waals surface area contributed by atoms with Crippen LogP contribution in [0.3, 0.4) is 0 Å². The van der Waals surface area contributed by atoms with Gasteiger partial charge in [0.05, 0.1) is 0 Å². The van der Waals surface area contributed by atoms with Crippen molar-refractivity contribution in [2.75, 3.05) is 26.2 Å². The Labute approximate surface area is 119 Å². The van der Waals surface area contributed by atoms with E-state index >= 15 is 0 Å². The highest BCUT2D eigenvalue weighted by Crippen LogP contribution is 2.54. The first kappa shape index (κ1) is 12.5. The summed E-state index contributed by atoms with van der Waals surface area (Å²) in [6, 6.07) is 0.407. The Morgan fingerprint density at radius 3 is 2.35 bits per heavy atom. The number of hydrogen-bond donors (Lipinski definition) is 1. The number of carbonyl (C=O) groups excluding carboxylic acids is 2. The maximum absolute atomic E-state index is 12.5. The van der Waals surface area contributed by atoms with E-state index in [1.54, 1.807) is 0 Å². The van der Waals surface area contributed by atoms with Gasteiger partial charge in [0.1, 0.15) is 0 Å². The Morgan fingerprint density at radius 1 is 1.05 bits per heavy atom. The van der Waals surface area contributed by atoms with Crippen molar-refractivity contribution in [2.24, 2.45) is 17.8 Å². The van der Waals surface area contributed by atoms with Crippen LogP contribution < -0.4 is 5.32 Å². The van der Waals surface area contributed by atoms with Crippen molar-refractivity contribution in [3.63, 3.8) is 0 Å². The third-order valence-corrected chi connectivity index (χ3v) is 5.70. The molecular formula is C15H23N3O2. The lowest BCUT2D eigenvalue weighted by molar-refractivity contribution is -0.137. The van der Waals surface area contributed by atoms with Crippen LogP contribution in [-0.2, 0) is 4.79 Å². The van der Waals surface area contributed by atoms with Gasteiger partial charge in [-0.2, -0.15) is 0 Å².